The van der Waals surface area contributed by atoms with Crippen molar-refractivity contribution in [3.8, 4) is 0 Å². The van der Waals surface area contributed by atoms with Gasteiger partial charge in [-0.05, 0) is 42.3 Å². The maximum Gasteiger partial charge on any atom is 0.0714 e. The van der Waals surface area contributed by atoms with E-state index in [4.69, 9.17) is 0 Å². The van der Waals surface area contributed by atoms with Crippen LogP contribution in [-0.2, 0) is 0 Å². The van der Waals surface area contributed by atoms with Crippen LogP contribution in [0, 0.1) is 13.8 Å². The monoisotopic (exact) mass is 207 g/mol. The number of rotatable bonds is 0. The molecule has 0 spiro atoms. The molecule has 1 heteroatoms. The molecule has 2 aromatic carbocycles. The largest absolute Gasteiger partial charge is 0.253 e. The summed E-state index contributed by atoms with van der Waals surface area (Å²) in [6.45, 7) is 4.20. The molecule has 0 atom stereocenters. The fourth-order valence-corrected chi connectivity index (χ4v) is 2.38. The van der Waals surface area contributed by atoms with Gasteiger partial charge in [-0.2, -0.15) is 0 Å². The summed E-state index contributed by atoms with van der Waals surface area (Å²) in [5, 5.41) is 3.86. The highest BCUT2D eigenvalue weighted by Gasteiger charge is 2.04. The zero-order valence-electron chi connectivity index (χ0n) is 9.49. The summed E-state index contributed by atoms with van der Waals surface area (Å²) in [5.41, 5.74) is 3.48. The summed E-state index contributed by atoms with van der Waals surface area (Å²) in [6, 6.07) is 14.9. The molecule has 0 aliphatic rings. The zero-order chi connectivity index (χ0) is 11.1. The van der Waals surface area contributed by atoms with Gasteiger partial charge >= 0.3 is 0 Å². The Hall–Kier alpha value is -1.89. The minimum atomic E-state index is 1.08. The molecular weight excluding hydrogens is 194 g/mol. The molecule has 0 radical (unpaired) electrons. The van der Waals surface area contributed by atoms with Gasteiger partial charge in [0.05, 0.1) is 5.52 Å². The number of hydrogen-bond acceptors (Lipinski definition) is 1. The van der Waals surface area contributed by atoms with E-state index >= 15 is 0 Å². The second-order valence-corrected chi connectivity index (χ2v) is 4.26. The molecule has 3 aromatic rings. The average molecular weight is 207 g/mol. The van der Waals surface area contributed by atoms with Crippen LogP contribution < -0.4 is 0 Å². The van der Waals surface area contributed by atoms with E-state index in [1.807, 2.05) is 6.92 Å². The van der Waals surface area contributed by atoms with E-state index in [2.05, 4.69) is 54.4 Å². The number of aryl methyl sites for hydroxylation is 2. The van der Waals surface area contributed by atoms with E-state index in [9.17, 15) is 0 Å². The van der Waals surface area contributed by atoms with Crippen molar-refractivity contribution in [3.05, 3.63) is 53.7 Å². The molecule has 0 saturated carbocycles. The first-order valence-corrected chi connectivity index (χ1v) is 5.51. The van der Waals surface area contributed by atoms with E-state index in [1.165, 1.54) is 21.7 Å². The number of hydrogen-bond donors (Lipinski definition) is 0. The van der Waals surface area contributed by atoms with E-state index < -0.39 is 0 Å². The van der Waals surface area contributed by atoms with Gasteiger partial charge in [-0.3, -0.25) is 4.98 Å². The number of benzene rings is 2. The molecule has 0 saturated heterocycles. The fraction of sp³-hybridized carbons (Fsp3) is 0.133. The van der Waals surface area contributed by atoms with Crippen molar-refractivity contribution >= 4 is 21.7 Å². The molecule has 0 unspecified atom stereocenters. The molecule has 0 amide bonds. The Labute approximate surface area is 94.7 Å². The Kier molecular flexibility index (Phi) is 1.93. The summed E-state index contributed by atoms with van der Waals surface area (Å²) in [7, 11) is 0. The van der Waals surface area contributed by atoms with Crippen LogP contribution in [0.4, 0.5) is 0 Å². The maximum atomic E-state index is 4.59. The lowest BCUT2D eigenvalue weighted by Crippen LogP contribution is -1.88. The van der Waals surface area contributed by atoms with Crippen LogP contribution in [0.5, 0.6) is 0 Å². The Balaban J connectivity index is 2.60. The zero-order valence-corrected chi connectivity index (χ0v) is 9.49. The summed E-state index contributed by atoms with van der Waals surface area (Å²) < 4.78 is 0. The molecule has 0 bridgehead atoms. The van der Waals surface area contributed by atoms with Crippen LogP contribution in [0.15, 0.2) is 42.5 Å². The van der Waals surface area contributed by atoms with E-state index in [0.29, 0.717) is 0 Å². The Morgan fingerprint density at radius 2 is 1.75 bits per heavy atom. The van der Waals surface area contributed by atoms with Gasteiger partial charge in [-0.25, -0.2) is 0 Å². The van der Waals surface area contributed by atoms with Gasteiger partial charge in [0.1, 0.15) is 0 Å². The Bertz CT molecular complexity index is 683. The van der Waals surface area contributed by atoms with Gasteiger partial charge in [-0.15, -0.1) is 0 Å². The molecular formula is C15H13N. The van der Waals surface area contributed by atoms with Crippen LogP contribution >= 0.6 is 0 Å². The predicted molar refractivity (Wildman–Crippen MR) is 68.7 cm³/mol. The molecule has 1 heterocycles. The summed E-state index contributed by atoms with van der Waals surface area (Å²) in [6.07, 6.45) is 0. The Morgan fingerprint density at radius 1 is 0.938 bits per heavy atom. The molecule has 0 fully saturated rings. The second kappa shape index (κ2) is 3.31. The second-order valence-electron chi connectivity index (χ2n) is 4.26. The summed E-state index contributed by atoms with van der Waals surface area (Å²) in [5.74, 6) is 0. The van der Waals surface area contributed by atoms with Crippen molar-refractivity contribution in [1.29, 1.82) is 0 Å². The van der Waals surface area contributed by atoms with Crippen molar-refractivity contribution in [2.45, 2.75) is 13.8 Å². The van der Waals surface area contributed by atoms with Crippen molar-refractivity contribution < 1.29 is 0 Å². The van der Waals surface area contributed by atoms with Gasteiger partial charge in [0.2, 0.25) is 0 Å². The van der Waals surface area contributed by atoms with Crippen molar-refractivity contribution in [3.63, 3.8) is 0 Å². The molecule has 1 aromatic heterocycles. The highest BCUT2D eigenvalue weighted by atomic mass is 14.7. The van der Waals surface area contributed by atoms with Crippen molar-refractivity contribution in [2.24, 2.45) is 0 Å². The highest BCUT2D eigenvalue weighted by Crippen LogP contribution is 2.27. The van der Waals surface area contributed by atoms with Crippen molar-refractivity contribution in [1.82, 2.24) is 4.98 Å². The van der Waals surface area contributed by atoms with Crippen LogP contribution in [0.3, 0.4) is 0 Å². The summed E-state index contributed by atoms with van der Waals surface area (Å²) in [4.78, 5) is 4.59. The fourth-order valence-electron chi connectivity index (χ4n) is 2.38. The molecule has 78 valence electrons. The quantitative estimate of drug-likeness (QED) is 0.508. The molecule has 16 heavy (non-hydrogen) atoms. The van der Waals surface area contributed by atoms with Crippen molar-refractivity contribution in [2.75, 3.05) is 0 Å². The summed E-state index contributed by atoms with van der Waals surface area (Å²) >= 11 is 0. The molecule has 0 N–H and O–H groups in total. The number of pyridine rings is 1. The molecule has 0 aliphatic heterocycles. The topological polar surface area (TPSA) is 12.9 Å². The average Bonchev–Trinajstić information content (AvgIpc) is 2.28. The van der Waals surface area contributed by atoms with Gasteiger partial charge < -0.3 is 0 Å². The normalized spacial score (nSPS) is 11.1. The number of nitrogens with zero attached hydrogens (tertiary/aromatic N) is 1. The van der Waals surface area contributed by atoms with E-state index in [0.717, 1.165) is 11.2 Å². The first kappa shape index (κ1) is 9.34. The third kappa shape index (κ3) is 1.28. The minimum absolute atomic E-state index is 1.08. The molecule has 1 nitrogen and oxygen atoms in total. The van der Waals surface area contributed by atoms with Crippen LogP contribution in [0.2, 0.25) is 0 Å². The SMILES string of the molecule is Cc1cc(C)c2c(ccc3ccccc32)n1. The minimum Gasteiger partial charge on any atom is -0.253 e. The van der Waals surface area contributed by atoms with Gasteiger partial charge in [0.15, 0.2) is 0 Å². The third-order valence-corrected chi connectivity index (χ3v) is 3.02. The maximum absolute atomic E-state index is 4.59. The third-order valence-electron chi connectivity index (χ3n) is 3.02. The lowest BCUT2D eigenvalue weighted by atomic mass is 10.0. The first-order chi connectivity index (χ1) is 7.75. The number of fused-ring (bicyclic) bond motifs is 3. The smallest absolute Gasteiger partial charge is 0.0714 e. The van der Waals surface area contributed by atoms with Gasteiger partial charge in [0.25, 0.3) is 0 Å². The van der Waals surface area contributed by atoms with Gasteiger partial charge in [-0.1, -0.05) is 30.3 Å². The standard InChI is InChI=1S/C15H13N/c1-10-9-11(2)16-14-8-7-12-5-3-4-6-13(12)15(10)14/h3-9H,1-2H3. The van der Waals surface area contributed by atoms with E-state index in [-0.39, 0.29) is 0 Å². The molecule has 0 aliphatic carbocycles. The van der Waals surface area contributed by atoms with Crippen LogP contribution in [0.1, 0.15) is 11.3 Å². The first-order valence-electron chi connectivity index (χ1n) is 5.51. The van der Waals surface area contributed by atoms with Crippen LogP contribution in [-0.4, -0.2) is 4.98 Å². The predicted octanol–water partition coefficient (Wildman–Crippen LogP) is 4.00. The Morgan fingerprint density at radius 3 is 2.62 bits per heavy atom. The molecule has 3 rings (SSSR count). The number of aromatic nitrogens is 1. The van der Waals surface area contributed by atoms with E-state index in [1.54, 1.807) is 0 Å². The highest BCUT2D eigenvalue weighted by molar-refractivity contribution is 6.07. The van der Waals surface area contributed by atoms with Crippen LogP contribution in [0.25, 0.3) is 21.7 Å². The lowest BCUT2D eigenvalue weighted by Gasteiger charge is -2.07. The van der Waals surface area contributed by atoms with Gasteiger partial charge in [0, 0.05) is 11.1 Å². The lowest BCUT2D eigenvalue weighted by molar-refractivity contribution is 1.24.